The van der Waals surface area contributed by atoms with Gasteiger partial charge in [0.25, 0.3) is 0 Å². The van der Waals surface area contributed by atoms with Crippen molar-refractivity contribution in [3.05, 3.63) is 47.5 Å². The summed E-state index contributed by atoms with van der Waals surface area (Å²) in [6, 6.07) is 8.07. The fraction of sp³-hybridized carbons (Fsp3) is 0.167. The summed E-state index contributed by atoms with van der Waals surface area (Å²) in [7, 11) is 0. The Bertz CT molecular complexity index is 337. The van der Waals surface area contributed by atoms with Crippen LogP contribution in [-0.2, 0) is 0 Å². The summed E-state index contributed by atoms with van der Waals surface area (Å²) in [5.74, 6) is 0. The highest BCUT2D eigenvalue weighted by molar-refractivity contribution is 5.68. The summed E-state index contributed by atoms with van der Waals surface area (Å²) >= 11 is 0. The third kappa shape index (κ3) is 1.70. The van der Waals surface area contributed by atoms with E-state index in [1.165, 1.54) is 0 Å². The van der Waals surface area contributed by atoms with Gasteiger partial charge in [0, 0.05) is 0 Å². The van der Waals surface area contributed by atoms with Crippen molar-refractivity contribution in [1.82, 2.24) is 0 Å². The van der Waals surface area contributed by atoms with Crippen LogP contribution >= 0.6 is 0 Å². The lowest BCUT2D eigenvalue weighted by molar-refractivity contribution is 0.166. The summed E-state index contributed by atoms with van der Waals surface area (Å²) in [4.78, 5) is 0. The zero-order valence-electron chi connectivity index (χ0n) is 7.57. The van der Waals surface area contributed by atoms with Crippen molar-refractivity contribution in [1.29, 1.82) is 0 Å². The molecule has 66 valence electrons. The molecule has 0 amide bonds. The van der Waals surface area contributed by atoms with Crippen LogP contribution in [0.15, 0.2) is 36.4 Å². The highest BCUT2D eigenvalue weighted by Gasteiger charge is 2.13. The first-order valence-corrected chi connectivity index (χ1v) is 4.37. The fourth-order valence-electron chi connectivity index (χ4n) is 1.39. The van der Waals surface area contributed by atoms with Crippen LogP contribution in [0.3, 0.4) is 0 Å². The first kappa shape index (κ1) is 8.27. The summed E-state index contributed by atoms with van der Waals surface area (Å²) < 4.78 is 0. The predicted molar refractivity (Wildman–Crippen MR) is 55.1 cm³/mol. The lowest BCUT2D eigenvalue weighted by Crippen LogP contribution is -2.15. The summed E-state index contributed by atoms with van der Waals surface area (Å²) in [5, 5.41) is 9.75. The lowest BCUT2D eigenvalue weighted by atomic mass is 10.1. The second-order valence-corrected chi connectivity index (χ2v) is 3.52. The molecule has 2 rings (SSSR count). The Morgan fingerprint density at radius 2 is 1.46 bits per heavy atom. The van der Waals surface area contributed by atoms with Crippen LogP contribution in [0.25, 0.3) is 12.2 Å². The first-order chi connectivity index (χ1) is 6.17. The van der Waals surface area contributed by atoms with Crippen LogP contribution in [0.4, 0.5) is 0 Å². The smallest absolute Gasteiger partial charge is 0.0987 e. The second-order valence-electron chi connectivity index (χ2n) is 3.52. The molecular formula is C12H12O. The van der Waals surface area contributed by atoms with Crippen LogP contribution in [-0.4, -0.2) is 10.7 Å². The molecule has 0 atom stereocenters. The van der Waals surface area contributed by atoms with Gasteiger partial charge in [0.05, 0.1) is 5.60 Å². The van der Waals surface area contributed by atoms with Crippen LogP contribution < -0.4 is 0 Å². The molecule has 0 saturated carbocycles. The summed E-state index contributed by atoms with van der Waals surface area (Å²) in [6.07, 6.45) is 7.51. The van der Waals surface area contributed by atoms with E-state index in [0.29, 0.717) is 0 Å². The number of benzene rings is 1. The molecule has 13 heavy (non-hydrogen) atoms. The molecule has 0 bridgehead atoms. The maximum atomic E-state index is 9.75. The van der Waals surface area contributed by atoms with Crippen LogP contribution in [0.2, 0.25) is 0 Å². The van der Waals surface area contributed by atoms with Crippen LogP contribution in [0.1, 0.15) is 18.1 Å². The number of rotatable bonds is 0. The van der Waals surface area contributed by atoms with E-state index < -0.39 is 5.60 Å². The molecule has 1 N–H and O–H groups in total. The van der Waals surface area contributed by atoms with E-state index in [1.807, 2.05) is 36.4 Å². The molecule has 1 aliphatic rings. The highest BCUT2D eigenvalue weighted by Crippen LogP contribution is 2.21. The Kier molecular flexibility index (Phi) is 1.82. The van der Waals surface area contributed by atoms with E-state index in [9.17, 15) is 5.11 Å². The molecule has 0 saturated heterocycles. The minimum Gasteiger partial charge on any atom is -0.382 e. The van der Waals surface area contributed by atoms with E-state index >= 15 is 0 Å². The summed E-state index contributed by atoms with van der Waals surface area (Å²) in [5.41, 5.74) is 1.48. The second kappa shape index (κ2) is 2.86. The molecule has 0 aromatic heterocycles. The average Bonchev–Trinajstić information content (AvgIpc) is 2.27. The third-order valence-electron chi connectivity index (χ3n) is 2.20. The van der Waals surface area contributed by atoms with Crippen LogP contribution in [0, 0.1) is 0 Å². The zero-order chi connectivity index (χ0) is 9.31. The van der Waals surface area contributed by atoms with E-state index in [4.69, 9.17) is 0 Å². The van der Waals surface area contributed by atoms with Gasteiger partial charge in [0.2, 0.25) is 0 Å². The van der Waals surface area contributed by atoms with E-state index in [1.54, 1.807) is 19.1 Å². The van der Waals surface area contributed by atoms with Gasteiger partial charge >= 0.3 is 0 Å². The fourth-order valence-corrected chi connectivity index (χ4v) is 1.39. The van der Waals surface area contributed by atoms with Crippen molar-refractivity contribution in [2.75, 3.05) is 0 Å². The van der Waals surface area contributed by atoms with Crippen molar-refractivity contribution < 1.29 is 5.11 Å². The van der Waals surface area contributed by atoms with Crippen molar-refractivity contribution in [2.24, 2.45) is 0 Å². The largest absolute Gasteiger partial charge is 0.382 e. The average molecular weight is 172 g/mol. The number of aliphatic hydroxyl groups is 1. The van der Waals surface area contributed by atoms with Gasteiger partial charge in [-0.2, -0.15) is 0 Å². The quantitative estimate of drug-likeness (QED) is 0.637. The van der Waals surface area contributed by atoms with Gasteiger partial charge in [-0.15, -0.1) is 0 Å². The molecule has 0 radical (unpaired) electrons. The Morgan fingerprint density at radius 1 is 1.00 bits per heavy atom. The summed E-state index contributed by atoms with van der Waals surface area (Å²) in [6.45, 7) is 1.77. The van der Waals surface area contributed by atoms with Gasteiger partial charge in [0.1, 0.15) is 0 Å². The highest BCUT2D eigenvalue weighted by atomic mass is 16.3. The lowest BCUT2D eigenvalue weighted by Gasteiger charge is -2.10. The van der Waals surface area contributed by atoms with E-state index in [0.717, 1.165) is 11.1 Å². The molecule has 1 aromatic carbocycles. The molecule has 0 heterocycles. The number of hydrogen-bond acceptors (Lipinski definition) is 1. The van der Waals surface area contributed by atoms with E-state index in [2.05, 4.69) is 0 Å². The SMILES string of the molecule is CC1(O)C=Cc2ccccc2C=C1. The van der Waals surface area contributed by atoms with Gasteiger partial charge < -0.3 is 5.11 Å². The molecule has 1 nitrogen and oxygen atoms in total. The molecule has 0 spiro atoms. The van der Waals surface area contributed by atoms with Gasteiger partial charge in [-0.25, -0.2) is 0 Å². The van der Waals surface area contributed by atoms with Gasteiger partial charge in [0.15, 0.2) is 0 Å². The van der Waals surface area contributed by atoms with Gasteiger partial charge in [-0.05, 0) is 30.2 Å². The predicted octanol–water partition coefficient (Wildman–Crippen LogP) is 2.48. The molecule has 1 heteroatoms. The first-order valence-electron chi connectivity index (χ1n) is 4.37. The number of hydrogen-bond donors (Lipinski definition) is 1. The minimum atomic E-state index is -0.820. The topological polar surface area (TPSA) is 20.2 Å². The maximum absolute atomic E-state index is 9.75. The number of fused-ring (bicyclic) bond motifs is 1. The van der Waals surface area contributed by atoms with Crippen molar-refractivity contribution >= 4 is 12.2 Å². The Balaban J connectivity index is 2.53. The van der Waals surface area contributed by atoms with Crippen molar-refractivity contribution in [3.8, 4) is 0 Å². The Hall–Kier alpha value is -1.34. The molecule has 0 fully saturated rings. The van der Waals surface area contributed by atoms with Crippen molar-refractivity contribution in [3.63, 3.8) is 0 Å². The molecule has 1 aliphatic carbocycles. The zero-order valence-corrected chi connectivity index (χ0v) is 7.57. The van der Waals surface area contributed by atoms with E-state index in [-0.39, 0.29) is 0 Å². The molecule has 1 aromatic rings. The van der Waals surface area contributed by atoms with Crippen molar-refractivity contribution in [2.45, 2.75) is 12.5 Å². The van der Waals surface area contributed by atoms with Crippen LogP contribution in [0.5, 0.6) is 0 Å². The third-order valence-corrected chi connectivity index (χ3v) is 2.20. The molecule has 0 unspecified atom stereocenters. The molecular weight excluding hydrogens is 160 g/mol. The minimum absolute atomic E-state index is 0.820. The monoisotopic (exact) mass is 172 g/mol. The Labute approximate surface area is 78.0 Å². The normalized spacial score (nSPS) is 18.0. The standard InChI is InChI=1S/C12H12O/c1-12(13)8-6-10-4-2-3-5-11(10)7-9-12/h2-9,13H,1H3. The molecule has 0 aliphatic heterocycles. The Morgan fingerprint density at radius 3 is 1.92 bits per heavy atom. The maximum Gasteiger partial charge on any atom is 0.0987 e. The van der Waals surface area contributed by atoms with Gasteiger partial charge in [-0.3, -0.25) is 0 Å². The van der Waals surface area contributed by atoms with Gasteiger partial charge in [-0.1, -0.05) is 36.4 Å².